The molecule has 5 heteroatoms. The highest BCUT2D eigenvalue weighted by atomic mass is 16.2. The van der Waals surface area contributed by atoms with Crippen molar-refractivity contribution < 1.29 is 4.79 Å². The number of pyridine rings is 2. The van der Waals surface area contributed by atoms with Gasteiger partial charge in [-0.3, -0.25) is 19.3 Å². The van der Waals surface area contributed by atoms with E-state index in [9.17, 15) is 4.79 Å². The van der Waals surface area contributed by atoms with Crippen LogP contribution in [0, 0.1) is 0 Å². The van der Waals surface area contributed by atoms with Gasteiger partial charge >= 0.3 is 0 Å². The van der Waals surface area contributed by atoms with Gasteiger partial charge in [0.1, 0.15) is 0 Å². The first-order chi connectivity index (χ1) is 11.8. The van der Waals surface area contributed by atoms with E-state index in [1.54, 1.807) is 23.2 Å². The highest BCUT2D eigenvalue weighted by Crippen LogP contribution is 2.28. The Labute approximate surface area is 140 Å². The Morgan fingerprint density at radius 1 is 1.21 bits per heavy atom. The van der Waals surface area contributed by atoms with Gasteiger partial charge in [-0.15, -0.1) is 0 Å². The van der Waals surface area contributed by atoms with Crippen LogP contribution in [0.2, 0.25) is 0 Å². The van der Waals surface area contributed by atoms with Gasteiger partial charge in [0.2, 0.25) is 5.91 Å². The molecule has 120 valence electrons. The van der Waals surface area contributed by atoms with Gasteiger partial charge in [0.15, 0.2) is 0 Å². The summed E-state index contributed by atoms with van der Waals surface area (Å²) in [6.45, 7) is 1.82. The molecule has 0 unspecified atom stereocenters. The molecule has 24 heavy (non-hydrogen) atoms. The van der Waals surface area contributed by atoms with E-state index < -0.39 is 0 Å². The van der Waals surface area contributed by atoms with Crippen LogP contribution in [0.3, 0.4) is 0 Å². The summed E-state index contributed by atoms with van der Waals surface area (Å²) < 4.78 is 1.74. The van der Waals surface area contributed by atoms with Gasteiger partial charge in [-0.1, -0.05) is 6.08 Å². The van der Waals surface area contributed by atoms with Gasteiger partial charge < -0.3 is 5.32 Å². The number of carbonyl (C=O) groups excluding carboxylic acids is 1. The van der Waals surface area contributed by atoms with Crippen LogP contribution in [0.1, 0.15) is 22.3 Å². The Morgan fingerprint density at radius 2 is 2.08 bits per heavy atom. The minimum Gasteiger partial charge on any atom is -0.313 e. The number of fused-ring (bicyclic) bond motifs is 1. The van der Waals surface area contributed by atoms with Gasteiger partial charge in [0, 0.05) is 36.9 Å². The molecule has 3 aromatic rings. The van der Waals surface area contributed by atoms with E-state index in [4.69, 9.17) is 0 Å². The number of carbonyl (C=O) groups is 1. The van der Waals surface area contributed by atoms with Crippen molar-refractivity contribution in [2.24, 2.45) is 0 Å². The van der Waals surface area contributed by atoms with E-state index in [-0.39, 0.29) is 5.91 Å². The van der Waals surface area contributed by atoms with Crippen LogP contribution >= 0.6 is 0 Å². The molecule has 0 radical (unpaired) electrons. The van der Waals surface area contributed by atoms with Crippen molar-refractivity contribution in [1.82, 2.24) is 19.9 Å². The first-order valence-electron chi connectivity index (χ1n) is 8.11. The zero-order valence-corrected chi connectivity index (χ0v) is 13.3. The van der Waals surface area contributed by atoms with E-state index in [1.807, 2.05) is 30.5 Å². The summed E-state index contributed by atoms with van der Waals surface area (Å²) in [6, 6.07) is 7.58. The minimum atomic E-state index is 0.0417. The number of rotatable bonds is 3. The van der Waals surface area contributed by atoms with Gasteiger partial charge in [-0.25, -0.2) is 0 Å². The lowest BCUT2D eigenvalue weighted by atomic mass is 10.0. The summed E-state index contributed by atoms with van der Waals surface area (Å²) in [5.41, 5.74) is 5.05. The maximum Gasteiger partial charge on any atom is 0.235 e. The number of aromatic nitrogens is 3. The fourth-order valence-electron chi connectivity index (χ4n) is 3.13. The molecule has 0 aliphatic carbocycles. The molecular weight excluding hydrogens is 300 g/mol. The maximum atomic E-state index is 12.8. The van der Waals surface area contributed by atoms with E-state index in [0.717, 1.165) is 41.7 Å². The molecule has 1 N–H and O–H groups in total. The van der Waals surface area contributed by atoms with Gasteiger partial charge in [0.05, 0.1) is 17.5 Å². The van der Waals surface area contributed by atoms with Gasteiger partial charge in [-0.05, 0) is 48.4 Å². The monoisotopic (exact) mass is 318 g/mol. The SMILES string of the molecule is O=C(Cc1ccncc1)n1cc(C2=CCNCC2)c2ncccc21. The Balaban J connectivity index is 1.75. The lowest BCUT2D eigenvalue weighted by Crippen LogP contribution is -2.20. The molecule has 5 nitrogen and oxygen atoms in total. The predicted molar refractivity (Wildman–Crippen MR) is 93.8 cm³/mol. The van der Waals surface area contributed by atoms with Crippen LogP contribution in [0.15, 0.2) is 55.1 Å². The van der Waals surface area contributed by atoms with Crippen molar-refractivity contribution in [3.05, 3.63) is 66.3 Å². The van der Waals surface area contributed by atoms with Crippen LogP contribution in [0.5, 0.6) is 0 Å². The second-order valence-electron chi connectivity index (χ2n) is 5.89. The Morgan fingerprint density at radius 3 is 2.88 bits per heavy atom. The summed E-state index contributed by atoms with van der Waals surface area (Å²) >= 11 is 0. The maximum absolute atomic E-state index is 12.8. The first kappa shape index (κ1) is 14.8. The average Bonchev–Trinajstić information content (AvgIpc) is 3.03. The third kappa shape index (κ3) is 2.74. The molecule has 1 aliphatic rings. The van der Waals surface area contributed by atoms with Crippen molar-refractivity contribution in [2.75, 3.05) is 13.1 Å². The summed E-state index contributed by atoms with van der Waals surface area (Å²) in [5, 5.41) is 3.32. The van der Waals surface area contributed by atoms with Crippen molar-refractivity contribution >= 4 is 22.5 Å². The normalized spacial score (nSPS) is 14.6. The molecule has 0 fully saturated rings. The molecule has 4 rings (SSSR count). The number of hydrogen-bond donors (Lipinski definition) is 1. The fraction of sp³-hybridized carbons (Fsp3) is 0.211. The predicted octanol–water partition coefficient (Wildman–Crippen LogP) is 2.69. The highest BCUT2D eigenvalue weighted by Gasteiger charge is 2.18. The quantitative estimate of drug-likeness (QED) is 0.806. The second-order valence-corrected chi connectivity index (χ2v) is 5.89. The molecule has 0 amide bonds. The third-order valence-corrected chi connectivity index (χ3v) is 4.34. The van der Waals surface area contributed by atoms with Crippen molar-refractivity contribution in [3.63, 3.8) is 0 Å². The molecule has 0 saturated carbocycles. The first-order valence-corrected chi connectivity index (χ1v) is 8.11. The van der Waals surface area contributed by atoms with Gasteiger partial charge in [-0.2, -0.15) is 0 Å². The van der Waals surface area contributed by atoms with E-state index >= 15 is 0 Å². The molecule has 4 heterocycles. The molecule has 0 atom stereocenters. The lowest BCUT2D eigenvalue weighted by molar-refractivity contribution is 0.0919. The molecule has 3 aromatic heterocycles. The van der Waals surface area contributed by atoms with E-state index in [2.05, 4.69) is 21.4 Å². The second kappa shape index (κ2) is 6.37. The average molecular weight is 318 g/mol. The summed E-state index contributed by atoms with van der Waals surface area (Å²) in [6.07, 6.45) is 10.6. The number of nitrogens with one attached hydrogen (secondary N) is 1. The number of nitrogens with zero attached hydrogens (tertiary/aromatic N) is 3. The smallest absolute Gasteiger partial charge is 0.235 e. The lowest BCUT2D eigenvalue weighted by Gasteiger charge is -2.12. The van der Waals surface area contributed by atoms with E-state index in [0.29, 0.717) is 6.42 Å². The van der Waals surface area contributed by atoms with Crippen molar-refractivity contribution in [1.29, 1.82) is 0 Å². The zero-order valence-electron chi connectivity index (χ0n) is 13.3. The third-order valence-electron chi connectivity index (χ3n) is 4.34. The molecule has 0 spiro atoms. The van der Waals surface area contributed by atoms with Crippen LogP contribution in [-0.2, 0) is 6.42 Å². The molecule has 1 aliphatic heterocycles. The largest absolute Gasteiger partial charge is 0.313 e. The number of hydrogen-bond acceptors (Lipinski definition) is 4. The zero-order chi connectivity index (χ0) is 16.4. The Bertz CT molecular complexity index is 912. The van der Waals surface area contributed by atoms with Gasteiger partial charge in [0.25, 0.3) is 0 Å². The highest BCUT2D eigenvalue weighted by molar-refractivity contribution is 5.98. The molecular formula is C19H18N4O. The molecule has 0 saturated heterocycles. The van der Waals surface area contributed by atoms with Crippen LogP contribution in [0.25, 0.3) is 16.6 Å². The molecule has 0 aromatic carbocycles. The van der Waals surface area contributed by atoms with Crippen LogP contribution in [-0.4, -0.2) is 33.5 Å². The fourth-order valence-corrected chi connectivity index (χ4v) is 3.13. The van der Waals surface area contributed by atoms with Crippen LogP contribution < -0.4 is 5.32 Å². The standard InChI is InChI=1S/C19H18N4O/c24-18(12-14-3-8-20-9-4-14)23-13-16(15-5-10-21-11-6-15)19-17(23)2-1-7-22-19/h1-5,7-9,13,21H,6,10-12H2. The summed E-state index contributed by atoms with van der Waals surface area (Å²) in [5.74, 6) is 0.0417. The van der Waals surface area contributed by atoms with E-state index in [1.165, 1.54) is 5.57 Å². The van der Waals surface area contributed by atoms with Crippen molar-refractivity contribution in [3.8, 4) is 0 Å². The Kier molecular flexibility index (Phi) is 3.92. The summed E-state index contributed by atoms with van der Waals surface area (Å²) in [4.78, 5) is 21.3. The molecule has 0 bridgehead atoms. The Hall–Kier alpha value is -2.79. The summed E-state index contributed by atoms with van der Waals surface area (Å²) in [7, 11) is 0. The topological polar surface area (TPSA) is 59.8 Å². The minimum absolute atomic E-state index is 0.0417. The van der Waals surface area contributed by atoms with Crippen LogP contribution in [0.4, 0.5) is 0 Å². The van der Waals surface area contributed by atoms with Crippen molar-refractivity contribution in [2.45, 2.75) is 12.8 Å².